The Labute approximate surface area is 110 Å². The zero-order chi connectivity index (χ0) is 14.0. The van der Waals surface area contributed by atoms with Crippen LogP contribution in [0.2, 0.25) is 0 Å². The van der Waals surface area contributed by atoms with Crippen molar-refractivity contribution in [3.63, 3.8) is 0 Å². The van der Waals surface area contributed by atoms with Crippen LogP contribution in [-0.4, -0.2) is 14.9 Å². The van der Waals surface area contributed by atoms with Gasteiger partial charge in [-0.15, -0.1) is 0 Å². The van der Waals surface area contributed by atoms with Gasteiger partial charge in [-0.3, -0.25) is 4.68 Å². The standard InChI is InChI=1S/C14H16F2N2O/c1-3-10-8-13(18(2)17-10)14(19)7-9-4-5-11(15)12(16)6-9/h4-6,8,14,19H,3,7H2,1-2H3. The lowest BCUT2D eigenvalue weighted by atomic mass is 10.0. The van der Waals surface area contributed by atoms with Crippen LogP contribution in [0, 0.1) is 11.6 Å². The summed E-state index contributed by atoms with van der Waals surface area (Å²) in [4.78, 5) is 0. The van der Waals surface area contributed by atoms with Gasteiger partial charge in [0.15, 0.2) is 11.6 Å². The molecule has 1 unspecified atom stereocenters. The van der Waals surface area contributed by atoms with E-state index in [1.54, 1.807) is 11.7 Å². The summed E-state index contributed by atoms with van der Waals surface area (Å²) in [6.45, 7) is 1.98. The first-order valence-electron chi connectivity index (χ1n) is 6.16. The van der Waals surface area contributed by atoms with Crippen LogP contribution in [-0.2, 0) is 19.9 Å². The number of rotatable bonds is 4. The van der Waals surface area contributed by atoms with Crippen molar-refractivity contribution in [1.29, 1.82) is 0 Å². The number of nitrogens with zero attached hydrogens (tertiary/aromatic N) is 2. The summed E-state index contributed by atoms with van der Waals surface area (Å²) in [6, 6.07) is 5.47. The molecular formula is C14H16F2N2O. The molecule has 1 heterocycles. The number of aryl methyl sites for hydroxylation is 2. The number of aliphatic hydroxyl groups excluding tert-OH is 1. The molecule has 0 bridgehead atoms. The summed E-state index contributed by atoms with van der Waals surface area (Å²) >= 11 is 0. The number of aliphatic hydroxyl groups is 1. The minimum atomic E-state index is -0.899. The number of hydrogen-bond donors (Lipinski definition) is 1. The average molecular weight is 266 g/mol. The molecule has 1 N–H and O–H groups in total. The van der Waals surface area contributed by atoms with E-state index in [1.807, 2.05) is 13.0 Å². The predicted molar refractivity (Wildman–Crippen MR) is 67.6 cm³/mol. The molecule has 2 aromatic rings. The zero-order valence-corrected chi connectivity index (χ0v) is 10.9. The molecular weight excluding hydrogens is 250 g/mol. The van der Waals surface area contributed by atoms with Crippen LogP contribution in [0.25, 0.3) is 0 Å². The Hall–Kier alpha value is -1.75. The molecule has 3 nitrogen and oxygen atoms in total. The van der Waals surface area contributed by atoms with Gasteiger partial charge in [-0.25, -0.2) is 8.78 Å². The molecule has 0 aliphatic carbocycles. The average Bonchev–Trinajstić information content (AvgIpc) is 2.75. The van der Waals surface area contributed by atoms with E-state index < -0.39 is 17.7 Å². The third kappa shape index (κ3) is 2.98. The highest BCUT2D eigenvalue weighted by molar-refractivity contribution is 5.21. The van der Waals surface area contributed by atoms with Gasteiger partial charge < -0.3 is 5.11 Å². The third-order valence-corrected chi connectivity index (χ3v) is 3.08. The zero-order valence-electron chi connectivity index (χ0n) is 10.9. The Morgan fingerprint density at radius 3 is 2.58 bits per heavy atom. The molecule has 19 heavy (non-hydrogen) atoms. The SMILES string of the molecule is CCc1cc(C(O)Cc2ccc(F)c(F)c2)n(C)n1. The minimum Gasteiger partial charge on any atom is -0.386 e. The fourth-order valence-corrected chi connectivity index (χ4v) is 2.02. The van der Waals surface area contributed by atoms with Crippen LogP contribution >= 0.6 is 0 Å². The summed E-state index contributed by atoms with van der Waals surface area (Å²) < 4.78 is 27.5. The first-order chi connectivity index (χ1) is 9.01. The molecule has 1 aromatic carbocycles. The van der Waals surface area contributed by atoms with Gasteiger partial charge >= 0.3 is 0 Å². The van der Waals surface area contributed by atoms with Crippen molar-refractivity contribution in [2.75, 3.05) is 0 Å². The van der Waals surface area contributed by atoms with Gasteiger partial charge in [-0.2, -0.15) is 5.10 Å². The van der Waals surface area contributed by atoms with Crippen molar-refractivity contribution in [3.05, 3.63) is 52.9 Å². The van der Waals surface area contributed by atoms with Crippen LogP contribution in [0.5, 0.6) is 0 Å². The second-order valence-corrected chi connectivity index (χ2v) is 4.51. The quantitative estimate of drug-likeness (QED) is 0.923. The molecule has 5 heteroatoms. The van der Waals surface area contributed by atoms with Crippen LogP contribution in [0.15, 0.2) is 24.3 Å². The predicted octanol–water partition coefficient (Wildman–Crippen LogP) is 2.54. The van der Waals surface area contributed by atoms with Gasteiger partial charge in [0.1, 0.15) is 0 Å². The largest absolute Gasteiger partial charge is 0.386 e. The smallest absolute Gasteiger partial charge is 0.159 e. The van der Waals surface area contributed by atoms with E-state index in [1.165, 1.54) is 6.07 Å². The van der Waals surface area contributed by atoms with Crippen molar-refractivity contribution in [1.82, 2.24) is 9.78 Å². The molecule has 0 saturated heterocycles. The van der Waals surface area contributed by atoms with Gasteiger partial charge in [0.25, 0.3) is 0 Å². The monoisotopic (exact) mass is 266 g/mol. The van der Waals surface area contributed by atoms with E-state index >= 15 is 0 Å². The first-order valence-corrected chi connectivity index (χ1v) is 6.16. The molecule has 0 aliphatic heterocycles. The number of hydrogen-bond acceptors (Lipinski definition) is 2. The van der Waals surface area contributed by atoms with Gasteiger partial charge in [0.2, 0.25) is 0 Å². The number of halogens is 2. The second kappa shape index (κ2) is 5.48. The number of benzene rings is 1. The fourth-order valence-electron chi connectivity index (χ4n) is 2.02. The Bertz CT molecular complexity index is 581. The van der Waals surface area contributed by atoms with Crippen molar-refractivity contribution in [2.24, 2.45) is 7.05 Å². The molecule has 2 rings (SSSR count). The van der Waals surface area contributed by atoms with E-state index in [9.17, 15) is 13.9 Å². The summed E-state index contributed by atoms with van der Waals surface area (Å²) in [5, 5.41) is 14.4. The van der Waals surface area contributed by atoms with Crippen LogP contribution in [0.4, 0.5) is 8.78 Å². The van der Waals surface area contributed by atoms with Crippen molar-refractivity contribution < 1.29 is 13.9 Å². The molecule has 0 amide bonds. The molecule has 102 valence electrons. The topological polar surface area (TPSA) is 38.0 Å². The van der Waals surface area contributed by atoms with Crippen molar-refractivity contribution >= 4 is 0 Å². The van der Waals surface area contributed by atoms with E-state index in [0.29, 0.717) is 11.3 Å². The Kier molecular flexibility index (Phi) is 3.95. The van der Waals surface area contributed by atoms with Gasteiger partial charge in [0.05, 0.1) is 17.5 Å². The summed E-state index contributed by atoms with van der Waals surface area (Å²) in [7, 11) is 1.75. The maximum absolute atomic E-state index is 13.1. The lowest BCUT2D eigenvalue weighted by Crippen LogP contribution is -2.08. The summed E-state index contributed by atoms with van der Waals surface area (Å²) in [5.41, 5.74) is 2.11. The summed E-state index contributed by atoms with van der Waals surface area (Å²) in [6.07, 6.45) is 0.216. The molecule has 0 spiro atoms. The van der Waals surface area contributed by atoms with Crippen LogP contribution in [0.3, 0.4) is 0 Å². The highest BCUT2D eigenvalue weighted by atomic mass is 19.2. The van der Waals surface area contributed by atoms with Crippen LogP contribution < -0.4 is 0 Å². The molecule has 1 atom stereocenters. The Morgan fingerprint density at radius 1 is 1.26 bits per heavy atom. The maximum Gasteiger partial charge on any atom is 0.159 e. The first kappa shape index (κ1) is 13.7. The van der Waals surface area contributed by atoms with Crippen molar-refractivity contribution in [2.45, 2.75) is 25.9 Å². The second-order valence-electron chi connectivity index (χ2n) is 4.51. The Morgan fingerprint density at radius 2 is 2.00 bits per heavy atom. The van der Waals surface area contributed by atoms with Crippen molar-refractivity contribution in [3.8, 4) is 0 Å². The molecule has 0 aliphatic rings. The van der Waals surface area contributed by atoms with Gasteiger partial charge in [-0.1, -0.05) is 13.0 Å². The van der Waals surface area contributed by atoms with E-state index in [0.717, 1.165) is 24.2 Å². The lowest BCUT2D eigenvalue weighted by Gasteiger charge is -2.11. The molecule has 0 radical (unpaired) electrons. The van der Waals surface area contributed by atoms with E-state index in [4.69, 9.17) is 0 Å². The molecule has 0 fully saturated rings. The fraction of sp³-hybridized carbons (Fsp3) is 0.357. The van der Waals surface area contributed by atoms with Crippen LogP contribution in [0.1, 0.15) is 30.0 Å². The lowest BCUT2D eigenvalue weighted by molar-refractivity contribution is 0.168. The van der Waals surface area contributed by atoms with E-state index in [2.05, 4.69) is 5.10 Å². The molecule has 0 saturated carbocycles. The normalized spacial score (nSPS) is 12.7. The van der Waals surface area contributed by atoms with Gasteiger partial charge in [0, 0.05) is 13.5 Å². The minimum absolute atomic E-state index is 0.222. The number of aromatic nitrogens is 2. The maximum atomic E-state index is 13.1. The Balaban J connectivity index is 2.17. The highest BCUT2D eigenvalue weighted by Crippen LogP contribution is 2.20. The highest BCUT2D eigenvalue weighted by Gasteiger charge is 2.15. The molecule has 1 aromatic heterocycles. The van der Waals surface area contributed by atoms with E-state index in [-0.39, 0.29) is 6.42 Å². The third-order valence-electron chi connectivity index (χ3n) is 3.08. The van der Waals surface area contributed by atoms with Gasteiger partial charge in [-0.05, 0) is 30.2 Å². The summed E-state index contributed by atoms with van der Waals surface area (Å²) in [5.74, 6) is -1.78.